The summed E-state index contributed by atoms with van der Waals surface area (Å²) in [5.74, 6) is 1.73. The lowest BCUT2D eigenvalue weighted by Crippen LogP contribution is -2.50. The Morgan fingerprint density at radius 3 is 2.72 bits per heavy atom. The van der Waals surface area contributed by atoms with Crippen LogP contribution in [0.15, 0.2) is 42.6 Å². The van der Waals surface area contributed by atoms with Crippen LogP contribution in [0.2, 0.25) is 0 Å². The van der Waals surface area contributed by atoms with Gasteiger partial charge in [-0.1, -0.05) is 18.2 Å². The molecule has 1 saturated heterocycles. The van der Waals surface area contributed by atoms with E-state index in [1.165, 1.54) is 0 Å². The highest BCUT2D eigenvalue weighted by Crippen LogP contribution is 2.28. The molecule has 0 saturated carbocycles. The number of piperazine rings is 1. The van der Waals surface area contributed by atoms with Gasteiger partial charge in [0.15, 0.2) is 18.1 Å². The van der Waals surface area contributed by atoms with Crippen molar-refractivity contribution in [1.82, 2.24) is 9.88 Å². The van der Waals surface area contributed by atoms with E-state index in [1.54, 1.807) is 30.3 Å². The highest BCUT2D eigenvalue weighted by atomic mass is 16.5. The normalized spacial score (nSPS) is 14.0. The van der Waals surface area contributed by atoms with Crippen LogP contribution in [0.3, 0.4) is 0 Å². The molecular weight excluding hydrogens is 368 g/mol. The average Bonchev–Trinajstić information content (AvgIpc) is 2.78. The molecule has 1 fully saturated rings. The molecule has 29 heavy (non-hydrogen) atoms. The molecule has 3 rings (SSSR count). The summed E-state index contributed by atoms with van der Waals surface area (Å²) >= 11 is 0. The molecule has 0 N–H and O–H groups in total. The Labute approximate surface area is 170 Å². The van der Waals surface area contributed by atoms with Crippen molar-refractivity contribution in [2.45, 2.75) is 6.92 Å². The molecule has 2 heterocycles. The van der Waals surface area contributed by atoms with Gasteiger partial charge in [0.05, 0.1) is 12.7 Å². The van der Waals surface area contributed by atoms with Gasteiger partial charge < -0.3 is 19.3 Å². The summed E-state index contributed by atoms with van der Waals surface area (Å²) in [4.78, 5) is 20.7. The van der Waals surface area contributed by atoms with Crippen LogP contribution in [0, 0.1) is 11.3 Å². The van der Waals surface area contributed by atoms with Gasteiger partial charge in [-0.3, -0.25) is 4.79 Å². The first-order valence-corrected chi connectivity index (χ1v) is 9.47. The number of ether oxygens (including phenoxy) is 2. The van der Waals surface area contributed by atoms with E-state index in [9.17, 15) is 10.1 Å². The van der Waals surface area contributed by atoms with Crippen molar-refractivity contribution in [2.75, 3.05) is 44.8 Å². The van der Waals surface area contributed by atoms with E-state index in [0.717, 1.165) is 5.56 Å². The van der Waals surface area contributed by atoms with Gasteiger partial charge >= 0.3 is 0 Å². The lowest BCUT2D eigenvalue weighted by molar-refractivity contribution is -0.133. The molecule has 2 aromatic rings. The number of aromatic nitrogens is 1. The molecule has 7 heteroatoms. The lowest BCUT2D eigenvalue weighted by Gasteiger charge is -2.35. The molecule has 0 spiro atoms. The van der Waals surface area contributed by atoms with Crippen LogP contribution < -0.4 is 14.4 Å². The summed E-state index contributed by atoms with van der Waals surface area (Å²) in [5.41, 5.74) is 1.55. The smallest absolute Gasteiger partial charge is 0.260 e. The number of methoxy groups -OCH3 is 1. The minimum Gasteiger partial charge on any atom is -0.493 e. The second kappa shape index (κ2) is 9.60. The Hall–Kier alpha value is -3.53. The monoisotopic (exact) mass is 392 g/mol. The van der Waals surface area contributed by atoms with E-state index in [2.05, 4.69) is 11.1 Å². The van der Waals surface area contributed by atoms with Crippen LogP contribution in [0.5, 0.6) is 11.5 Å². The van der Waals surface area contributed by atoms with Crippen molar-refractivity contribution in [1.29, 1.82) is 5.26 Å². The molecule has 1 aliphatic heterocycles. The Bertz CT molecular complexity index is 928. The zero-order valence-corrected chi connectivity index (χ0v) is 16.7. The molecule has 0 unspecified atom stereocenters. The number of hydrogen-bond acceptors (Lipinski definition) is 6. The first kappa shape index (κ1) is 20.2. The number of nitriles is 1. The number of benzene rings is 1. The van der Waals surface area contributed by atoms with Gasteiger partial charge in [-0.05, 0) is 36.8 Å². The average molecular weight is 392 g/mol. The van der Waals surface area contributed by atoms with E-state index in [-0.39, 0.29) is 12.5 Å². The maximum atomic E-state index is 12.6. The second-order valence-electron chi connectivity index (χ2n) is 6.55. The number of rotatable bonds is 6. The maximum Gasteiger partial charge on any atom is 0.260 e. The fourth-order valence-corrected chi connectivity index (χ4v) is 3.23. The van der Waals surface area contributed by atoms with E-state index in [0.29, 0.717) is 49.1 Å². The number of carbonyl (C=O) groups is 1. The number of anilines is 1. The van der Waals surface area contributed by atoms with Crippen molar-refractivity contribution >= 4 is 17.8 Å². The second-order valence-corrected chi connectivity index (χ2v) is 6.55. The zero-order valence-electron chi connectivity index (χ0n) is 16.7. The first-order chi connectivity index (χ1) is 14.2. The number of nitrogens with zero attached hydrogens (tertiary/aromatic N) is 4. The van der Waals surface area contributed by atoms with Crippen molar-refractivity contribution in [3.8, 4) is 17.6 Å². The molecule has 0 bridgehead atoms. The van der Waals surface area contributed by atoms with Gasteiger partial charge in [0.1, 0.15) is 11.9 Å². The molecule has 1 aromatic carbocycles. The third-order valence-electron chi connectivity index (χ3n) is 4.74. The van der Waals surface area contributed by atoms with Gasteiger partial charge in [0.25, 0.3) is 5.91 Å². The van der Waals surface area contributed by atoms with E-state index in [4.69, 9.17) is 9.47 Å². The fourth-order valence-electron chi connectivity index (χ4n) is 3.23. The molecule has 0 radical (unpaired) electrons. The highest BCUT2D eigenvalue weighted by molar-refractivity contribution is 5.78. The molecule has 1 aromatic heterocycles. The van der Waals surface area contributed by atoms with Gasteiger partial charge in [-0.2, -0.15) is 5.26 Å². The number of amides is 1. The lowest BCUT2D eigenvalue weighted by atomic mass is 10.2. The summed E-state index contributed by atoms with van der Waals surface area (Å²) in [6, 6.07) is 11.3. The molecule has 1 amide bonds. The Morgan fingerprint density at radius 1 is 1.24 bits per heavy atom. The Kier molecular flexibility index (Phi) is 6.69. The van der Waals surface area contributed by atoms with Crippen LogP contribution >= 0.6 is 0 Å². The predicted molar refractivity (Wildman–Crippen MR) is 111 cm³/mol. The zero-order chi connectivity index (χ0) is 20.6. The Balaban J connectivity index is 1.56. The molecule has 150 valence electrons. The maximum absolute atomic E-state index is 12.6. The molecular formula is C22H24N4O3. The van der Waals surface area contributed by atoms with Gasteiger partial charge in [-0.15, -0.1) is 0 Å². The third kappa shape index (κ3) is 4.85. The summed E-state index contributed by atoms with van der Waals surface area (Å²) in [7, 11) is 1.58. The van der Waals surface area contributed by atoms with E-state index >= 15 is 0 Å². The largest absolute Gasteiger partial charge is 0.493 e. The van der Waals surface area contributed by atoms with Crippen LogP contribution in [0.1, 0.15) is 18.1 Å². The van der Waals surface area contributed by atoms with E-state index in [1.807, 2.05) is 42.2 Å². The quantitative estimate of drug-likeness (QED) is 0.752. The number of carbonyl (C=O) groups excluding carboxylic acids is 1. The van der Waals surface area contributed by atoms with Gasteiger partial charge in [0, 0.05) is 32.4 Å². The predicted octanol–water partition coefficient (Wildman–Crippen LogP) is 2.72. The minimum absolute atomic E-state index is 0.0492. The van der Waals surface area contributed by atoms with Crippen molar-refractivity contribution in [2.24, 2.45) is 0 Å². The van der Waals surface area contributed by atoms with Gasteiger partial charge in [-0.25, -0.2) is 4.98 Å². The van der Waals surface area contributed by atoms with Crippen molar-refractivity contribution in [3.05, 3.63) is 53.7 Å². The van der Waals surface area contributed by atoms with Crippen molar-refractivity contribution in [3.63, 3.8) is 0 Å². The third-order valence-corrected chi connectivity index (χ3v) is 4.74. The van der Waals surface area contributed by atoms with Crippen LogP contribution in [0.25, 0.3) is 6.08 Å². The first-order valence-electron chi connectivity index (χ1n) is 9.47. The number of allylic oxidation sites excluding steroid dienone is 1. The van der Waals surface area contributed by atoms with E-state index < -0.39 is 0 Å². The van der Waals surface area contributed by atoms with Crippen molar-refractivity contribution < 1.29 is 14.3 Å². The fraction of sp³-hybridized carbons (Fsp3) is 0.318. The summed E-state index contributed by atoms with van der Waals surface area (Å²) in [6.45, 7) is 4.26. The molecule has 0 aliphatic carbocycles. The Morgan fingerprint density at radius 2 is 2.03 bits per heavy atom. The summed E-state index contributed by atoms with van der Waals surface area (Å²) < 4.78 is 11.1. The standard InChI is InChI=1S/C22H24N4O3/c1-3-5-17-7-8-19(20(14-17)28-2)29-16-21(27)25-10-12-26(13-11-25)22-18(15-23)6-4-9-24-22/h3-9,14H,10-13,16H2,1-2H3. The molecule has 0 atom stereocenters. The number of hydrogen-bond donors (Lipinski definition) is 0. The molecule has 1 aliphatic rings. The highest BCUT2D eigenvalue weighted by Gasteiger charge is 2.23. The number of pyridine rings is 1. The van der Waals surface area contributed by atoms with Crippen LogP contribution in [-0.4, -0.2) is 55.7 Å². The summed E-state index contributed by atoms with van der Waals surface area (Å²) in [5, 5.41) is 9.25. The van der Waals surface area contributed by atoms with Crippen LogP contribution in [-0.2, 0) is 4.79 Å². The van der Waals surface area contributed by atoms with Crippen LogP contribution in [0.4, 0.5) is 5.82 Å². The molecule has 7 nitrogen and oxygen atoms in total. The van der Waals surface area contributed by atoms with Gasteiger partial charge in [0.2, 0.25) is 0 Å². The topological polar surface area (TPSA) is 78.7 Å². The summed E-state index contributed by atoms with van der Waals surface area (Å²) in [6.07, 6.45) is 5.59. The minimum atomic E-state index is -0.0780. The SMILES string of the molecule is CC=Cc1ccc(OCC(=O)N2CCN(c3ncccc3C#N)CC2)c(OC)c1.